The van der Waals surface area contributed by atoms with Crippen LogP contribution in [-0.2, 0) is 4.74 Å². The van der Waals surface area contributed by atoms with Crippen LogP contribution in [0, 0.1) is 13.8 Å². The van der Waals surface area contributed by atoms with Gasteiger partial charge in [0, 0.05) is 6.20 Å². The summed E-state index contributed by atoms with van der Waals surface area (Å²) in [7, 11) is 1.37. The van der Waals surface area contributed by atoms with Crippen molar-refractivity contribution < 1.29 is 9.53 Å². The molecule has 0 bridgehead atoms. The number of rotatable bonds is 2. The average molecular weight is 248 g/mol. The van der Waals surface area contributed by atoms with E-state index in [4.69, 9.17) is 4.74 Å². The summed E-state index contributed by atoms with van der Waals surface area (Å²) in [6, 6.07) is 3.87. The van der Waals surface area contributed by atoms with Crippen LogP contribution in [0.25, 0.3) is 10.7 Å². The third kappa shape index (κ3) is 2.34. The lowest BCUT2D eigenvalue weighted by molar-refractivity contribution is 0.0605. The molecular formula is C12H12N2O2S. The Morgan fingerprint density at radius 3 is 2.82 bits per heavy atom. The van der Waals surface area contributed by atoms with Crippen LogP contribution >= 0.6 is 11.3 Å². The van der Waals surface area contributed by atoms with Crippen LogP contribution in [0.3, 0.4) is 0 Å². The quantitative estimate of drug-likeness (QED) is 0.766. The molecule has 0 aromatic carbocycles. The van der Waals surface area contributed by atoms with Gasteiger partial charge in [-0.25, -0.2) is 9.78 Å². The van der Waals surface area contributed by atoms with Crippen molar-refractivity contribution in [2.75, 3.05) is 7.11 Å². The highest BCUT2D eigenvalue weighted by Crippen LogP contribution is 2.27. The van der Waals surface area contributed by atoms with E-state index in [1.165, 1.54) is 18.4 Å². The molecule has 0 spiro atoms. The van der Waals surface area contributed by atoms with Gasteiger partial charge in [-0.2, -0.15) is 0 Å². The van der Waals surface area contributed by atoms with Gasteiger partial charge < -0.3 is 4.74 Å². The Balaban J connectivity index is 2.44. The molecule has 5 heteroatoms. The maximum absolute atomic E-state index is 11.5. The topological polar surface area (TPSA) is 52.1 Å². The van der Waals surface area contributed by atoms with Crippen molar-refractivity contribution in [2.45, 2.75) is 13.8 Å². The van der Waals surface area contributed by atoms with E-state index in [0.29, 0.717) is 10.6 Å². The van der Waals surface area contributed by atoms with Crippen molar-refractivity contribution >= 4 is 17.3 Å². The van der Waals surface area contributed by atoms with Crippen LogP contribution < -0.4 is 0 Å². The molecule has 2 heterocycles. The molecule has 0 fully saturated rings. The molecule has 2 aromatic rings. The molecule has 88 valence electrons. The van der Waals surface area contributed by atoms with Gasteiger partial charge in [0.15, 0.2) is 0 Å². The number of ether oxygens (including phenoxy) is 1. The minimum Gasteiger partial charge on any atom is -0.465 e. The average Bonchev–Trinajstić information content (AvgIpc) is 2.70. The molecule has 0 aliphatic rings. The van der Waals surface area contributed by atoms with Crippen molar-refractivity contribution in [3.05, 3.63) is 34.5 Å². The first kappa shape index (κ1) is 11.7. The highest BCUT2D eigenvalue weighted by atomic mass is 32.1. The number of esters is 1. The van der Waals surface area contributed by atoms with Crippen LogP contribution in [-0.4, -0.2) is 23.0 Å². The summed E-state index contributed by atoms with van der Waals surface area (Å²) in [4.78, 5) is 20.6. The number of methoxy groups -OCH3 is 1. The second-order valence-corrected chi connectivity index (χ2v) is 4.64. The zero-order valence-corrected chi connectivity index (χ0v) is 10.7. The second kappa shape index (κ2) is 4.63. The van der Waals surface area contributed by atoms with Gasteiger partial charge in [-0.1, -0.05) is 0 Å². The third-order valence-corrected chi connectivity index (χ3v) is 3.46. The molecular weight excluding hydrogens is 236 g/mol. The summed E-state index contributed by atoms with van der Waals surface area (Å²) < 4.78 is 4.70. The Labute approximate surface area is 103 Å². The molecule has 17 heavy (non-hydrogen) atoms. The van der Waals surface area contributed by atoms with Gasteiger partial charge in [-0.15, -0.1) is 11.3 Å². The van der Waals surface area contributed by atoms with E-state index >= 15 is 0 Å². The van der Waals surface area contributed by atoms with Crippen LogP contribution in [0.4, 0.5) is 0 Å². The first-order valence-corrected chi connectivity index (χ1v) is 5.92. The fourth-order valence-corrected chi connectivity index (χ4v) is 2.39. The molecule has 0 atom stereocenters. The van der Waals surface area contributed by atoms with E-state index in [0.717, 1.165) is 16.3 Å². The standard InChI is InChI=1S/C12H12N2O2S/c1-7-4-5-13-9(6-7)11-14-8(2)10(17-11)12(15)16-3/h4-6H,1-3H3. The highest BCUT2D eigenvalue weighted by Gasteiger charge is 2.16. The van der Waals surface area contributed by atoms with E-state index in [1.54, 1.807) is 13.1 Å². The first-order chi connectivity index (χ1) is 8.11. The Hall–Kier alpha value is -1.75. The molecule has 0 unspecified atom stereocenters. The molecule has 0 saturated carbocycles. The van der Waals surface area contributed by atoms with E-state index in [1.807, 2.05) is 19.1 Å². The number of pyridine rings is 1. The lowest BCUT2D eigenvalue weighted by atomic mass is 10.2. The Morgan fingerprint density at radius 2 is 2.18 bits per heavy atom. The smallest absolute Gasteiger partial charge is 0.349 e. The minimum atomic E-state index is -0.348. The van der Waals surface area contributed by atoms with Gasteiger partial charge in [-0.3, -0.25) is 4.98 Å². The maximum atomic E-state index is 11.5. The molecule has 0 radical (unpaired) electrons. The van der Waals surface area contributed by atoms with E-state index < -0.39 is 0 Å². The van der Waals surface area contributed by atoms with E-state index in [9.17, 15) is 4.79 Å². The predicted molar refractivity (Wildman–Crippen MR) is 66.2 cm³/mol. The fraction of sp³-hybridized carbons (Fsp3) is 0.250. The van der Waals surface area contributed by atoms with Crippen molar-refractivity contribution in [3.63, 3.8) is 0 Å². The number of aryl methyl sites for hydroxylation is 2. The third-order valence-electron chi connectivity index (χ3n) is 2.30. The minimum absolute atomic E-state index is 0.348. The predicted octanol–water partition coefficient (Wildman–Crippen LogP) is 2.61. The summed E-state index contributed by atoms with van der Waals surface area (Å²) in [6.07, 6.45) is 1.74. The molecule has 2 rings (SSSR count). The van der Waals surface area contributed by atoms with Crippen molar-refractivity contribution in [2.24, 2.45) is 0 Å². The molecule has 0 aliphatic heterocycles. The number of aromatic nitrogens is 2. The molecule has 0 N–H and O–H groups in total. The molecule has 0 saturated heterocycles. The summed E-state index contributed by atoms with van der Waals surface area (Å²) >= 11 is 1.31. The van der Waals surface area contributed by atoms with Crippen LogP contribution in [0.2, 0.25) is 0 Å². The number of hydrogen-bond donors (Lipinski definition) is 0. The normalized spacial score (nSPS) is 10.3. The molecule has 2 aromatic heterocycles. The fourth-order valence-electron chi connectivity index (χ4n) is 1.44. The largest absolute Gasteiger partial charge is 0.465 e. The zero-order chi connectivity index (χ0) is 12.4. The van der Waals surface area contributed by atoms with Crippen molar-refractivity contribution in [3.8, 4) is 10.7 Å². The molecule has 0 amide bonds. The van der Waals surface area contributed by atoms with Gasteiger partial charge in [0.25, 0.3) is 0 Å². The second-order valence-electron chi connectivity index (χ2n) is 3.64. The number of thiazole rings is 1. The summed E-state index contributed by atoms with van der Waals surface area (Å²) in [5, 5.41) is 0.742. The molecule has 4 nitrogen and oxygen atoms in total. The molecule has 0 aliphatic carbocycles. The Bertz CT molecular complexity index is 563. The van der Waals surface area contributed by atoms with Crippen LogP contribution in [0.15, 0.2) is 18.3 Å². The maximum Gasteiger partial charge on any atom is 0.349 e. The zero-order valence-electron chi connectivity index (χ0n) is 9.85. The van der Waals surface area contributed by atoms with Crippen molar-refractivity contribution in [1.29, 1.82) is 0 Å². The van der Waals surface area contributed by atoms with Gasteiger partial charge in [0.1, 0.15) is 9.88 Å². The van der Waals surface area contributed by atoms with E-state index in [2.05, 4.69) is 9.97 Å². The van der Waals surface area contributed by atoms with Crippen LogP contribution in [0.5, 0.6) is 0 Å². The highest BCUT2D eigenvalue weighted by molar-refractivity contribution is 7.17. The lowest BCUT2D eigenvalue weighted by Gasteiger charge is -1.96. The summed E-state index contributed by atoms with van der Waals surface area (Å²) in [5.41, 5.74) is 2.58. The van der Waals surface area contributed by atoms with Gasteiger partial charge in [0.05, 0.1) is 18.5 Å². The van der Waals surface area contributed by atoms with Crippen LogP contribution in [0.1, 0.15) is 20.9 Å². The number of hydrogen-bond acceptors (Lipinski definition) is 5. The number of carbonyl (C=O) groups is 1. The first-order valence-electron chi connectivity index (χ1n) is 5.10. The summed E-state index contributed by atoms with van der Waals surface area (Å²) in [5.74, 6) is -0.348. The van der Waals surface area contributed by atoms with Gasteiger partial charge in [0.2, 0.25) is 0 Å². The lowest BCUT2D eigenvalue weighted by Crippen LogP contribution is -1.99. The monoisotopic (exact) mass is 248 g/mol. The number of carbonyl (C=O) groups excluding carboxylic acids is 1. The van der Waals surface area contributed by atoms with E-state index in [-0.39, 0.29) is 5.97 Å². The number of nitrogens with zero attached hydrogens (tertiary/aromatic N) is 2. The SMILES string of the molecule is COC(=O)c1sc(-c2cc(C)ccn2)nc1C. The Morgan fingerprint density at radius 1 is 1.41 bits per heavy atom. The van der Waals surface area contributed by atoms with Gasteiger partial charge >= 0.3 is 5.97 Å². The van der Waals surface area contributed by atoms with Crippen molar-refractivity contribution in [1.82, 2.24) is 9.97 Å². The Kier molecular flexibility index (Phi) is 3.19. The summed E-state index contributed by atoms with van der Waals surface area (Å²) in [6.45, 7) is 3.79. The van der Waals surface area contributed by atoms with Gasteiger partial charge in [-0.05, 0) is 31.5 Å².